The van der Waals surface area contributed by atoms with Crippen LogP contribution in [0.25, 0.3) is 0 Å². The molecule has 1 saturated carbocycles. The van der Waals surface area contributed by atoms with Gasteiger partial charge in [0, 0.05) is 6.04 Å². The van der Waals surface area contributed by atoms with Crippen LogP contribution in [0.3, 0.4) is 0 Å². The standard InChI is InChI=1S/C12H22N2O4/c1-2-8-4-3-5-9(6-8)14-12(18)13-7-10(15)11(16)17/h8-10,15H,2-7H2,1H3,(H,16,17)(H2,13,14,18). The third-order valence-electron chi connectivity index (χ3n) is 3.44. The van der Waals surface area contributed by atoms with Gasteiger partial charge in [-0.1, -0.05) is 26.2 Å². The van der Waals surface area contributed by atoms with Gasteiger partial charge in [-0.05, 0) is 18.8 Å². The number of carbonyl (C=O) groups excluding carboxylic acids is 1. The quantitative estimate of drug-likeness (QED) is 0.583. The molecule has 1 rings (SSSR count). The SMILES string of the molecule is CCC1CCCC(NC(=O)NCC(O)C(=O)O)C1. The van der Waals surface area contributed by atoms with E-state index in [9.17, 15) is 9.59 Å². The van der Waals surface area contributed by atoms with E-state index in [1.165, 1.54) is 6.42 Å². The van der Waals surface area contributed by atoms with Crippen LogP contribution in [0, 0.1) is 5.92 Å². The van der Waals surface area contributed by atoms with Crippen molar-refractivity contribution in [1.82, 2.24) is 10.6 Å². The van der Waals surface area contributed by atoms with Crippen molar-refractivity contribution in [2.75, 3.05) is 6.54 Å². The Bertz CT molecular complexity index is 296. The van der Waals surface area contributed by atoms with Crippen molar-refractivity contribution in [3.05, 3.63) is 0 Å². The predicted octanol–water partition coefficient (Wildman–Crippen LogP) is 0.700. The first-order chi connectivity index (χ1) is 8.52. The lowest BCUT2D eigenvalue weighted by molar-refractivity contribution is -0.146. The second kappa shape index (κ2) is 7.20. The van der Waals surface area contributed by atoms with Crippen LogP contribution in [0.5, 0.6) is 0 Å². The lowest BCUT2D eigenvalue weighted by atomic mass is 9.84. The van der Waals surface area contributed by atoms with E-state index >= 15 is 0 Å². The Morgan fingerprint density at radius 2 is 2.11 bits per heavy atom. The fraction of sp³-hybridized carbons (Fsp3) is 0.833. The lowest BCUT2D eigenvalue weighted by Gasteiger charge is -2.29. The van der Waals surface area contributed by atoms with Gasteiger partial charge in [0.25, 0.3) is 0 Å². The largest absolute Gasteiger partial charge is 0.479 e. The molecule has 0 spiro atoms. The van der Waals surface area contributed by atoms with E-state index in [2.05, 4.69) is 17.6 Å². The summed E-state index contributed by atoms with van der Waals surface area (Å²) in [5.74, 6) is -0.673. The van der Waals surface area contributed by atoms with E-state index in [4.69, 9.17) is 10.2 Å². The molecule has 0 aromatic rings. The molecule has 6 nitrogen and oxygen atoms in total. The zero-order valence-electron chi connectivity index (χ0n) is 10.7. The molecular formula is C12H22N2O4. The predicted molar refractivity (Wildman–Crippen MR) is 66.2 cm³/mol. The van der Waals surface area contributed by atoms with Gasteiger partial charge in [-0.25, -0.2) is 9.59 Å². The van der Waals surface area contributed by atoms with E-state index < -0.39 is 18.1 Å². The van der Waals surface area contributed by atoms with Crippen LogP contribution < -0.4 is 10.6 Å². The molecule has 2 amide bonds. The summed E-state index contributed by atoms with van der Waals surface area (Å²) < 4.78 is 0. The first-order valence-electron chi connectivity index (χ1n) is 6.48. The summed E-state index contributed by atoms with van der Waals surface area (Å²) in [5, 5.41) is 22.7. The Hall–Kier alpha value is -1.30. The first-order valence-corrected chi connectivity index (χ1v) is 6.48. The number of nitrogens with one attached hydrogen (secondary N) is 2. The molecule has 104 valence electrons. The highest BCUT2D eigenvalue weighted by molar-refractivity contribution is 5.76. The van der Waals surface area contributed by atoms with E-state index in [1.807, 2.05) is 0 Å². The highest BCUT2D eigenvalue weighted by atomic mass is 16.4. The number of amides is 2. The minimum Gasteiger partial charge on any atom is -0.479 e. The summed E-state index contributed by atoms with van der Waals surface area (Å²) in [5.41, 5.74) is 0. The van der Waals surface area contributed by atoms with Gasteiger partial charge in [0.1, 0.15) is 0 Å². The fourth-order valence-electron chi connectivity index (χ4n) is 2.31. The highest BCUT2D eigenvalue weighted by Crippen LogP contribution is 2.26. The molecule has 4 N–H and O–H groups in total. The number of hydrogen-bond donors (Lipinski definition) is 4. The van der Waals surface area contributed by atoms with Crippen LogP contribution in [0.15, 0.2) is 0 Å². The average Bonchev–Trinajstić information content (AvgIpc) is 2.36. The van der Waals surface area contributed by atoms with Crippen molar-refractivity contribution in [2.24, 2.45) is 5.92 Å². The molecule has 1 fully saturated rings. The zero-order valence-corrected chi connectivity index (χ0v) is 10.7. The van der Waals surface area contributed by atoms with Crippen LogP contribution in [0.2, 0.25) is 0 Å². The van der Waals surface area contributed by atoms with Gasteiger partial charge in [-0.15, -0.1) is 0 Å². The Balaban J connectivity index is 2.25. The van der Waals surface area contributed by atoms with E-state index in [-0.39, 0.29) is 12.6 Å². The van der Waals surface area contributed by atoms with Crippen LogP contribution in [-0.2, 0) is 4.79 Å². The second-order valence-electron chi connectivity index (χ2n) is 4.85. The second-order valence-corrected chi connectivity index (χ2v) is 4.85. The molecule has 6 heteroatoms. The van der Waals surface area contributed by atoms with Crippen LogP contribution in [-0.4, -0.2) is 40.9 Å². The van der Waals surface area contributed by atoms with Crippen molar-refractivity contribution >= 4 is 12.0 Å². The van der Waals surface area contributed by atoms with Crippen molar-refractivity contribution in [3.63, 3.8) is 0 Å². The number of aliphatic hydroxyl groups is 1. The molecule has 0 aliphatic heterocycles. The fourth-order valence-corrected chi connectivity index (χ4v) is 2.31. The van der Waals surface area contributed by atoms with E-state index in [1.54, 1.807) is 0 Å². The summed E-state index contributed by atoms with van der Waals surface area (Å²) in [6.45, 7) is 1.88. The van der Waals surface area contributed by atoms with Gasteiger partial charge in [0.05, 0.1) is 6.54 Å². The number of rotatable bonds is 5. The number of carboxylic acids is 1. The maximum Gasteiger partial charge on any atom is 0.334 e. The maximum atomic E-state index is 11.5. The summed E-state index contributed by atoms with van der Waals surface area (Å²) >= 11 is 0. The number of aliphatic carboxylic acids is 1. The average molecular weight is 258 g/mol. The van der Waals surface area contributed by atoms with Crippen molar-refractivity contribution in [1.29, 1.82) is 0 Å². The van der Waals surface area contributed by atoms with Gasteiger partial charge in [0.15, 0.2) is 6.10 Å². The molecular weight excluding hydrogens is 236 g/mol. The molecule has 0 aromatic heterocycles. The van der Waals surface area contributed by atoms with Gasteiger partial charge in [-0.3, -0.25) is 0 Å². The Morgan fingerprint density at radius 1 is 1.39 bits per heavy atom. The third-order valence-corrected chi connectivity index (χ3v) is 3.44. The van der Waals surface area contributed by atoms with Crippen molar-refractivity contribution in [3.8, 4) is 0 Å². The molecule has 0 bridgehead atoms. The van der Waals surface area contributed by atoms with Gasteiger partial charge >= 0.3 is 12.0 Å². The number of hydrogen-bond acceptors (Lipinski definition) is 3. The molecule has 1 aliphatic rings. The smallest absolute Gasteiger partial charge is 0.334 e. The molecule has 3 unspecified atom stereocenters. The number of carboxylic acid groups (broad SMARTS) is 1. The normalized spacial score (nSPS) is 25.2. The van der Waals surface area contributed by atoms with Crippen molar-refractivity contribution < 1.29 is 19.8 Å². The monoisotopic (exact) mass is 258 g/mol. The number of aliphatic hydroxyl groups excluding tert-OH is 1. The van der Waals surface area contributed by atoms with Gasteiger partial charge in [-0.2, -0.15) is 0 Å². The first kappa shape index (κ1) is 14.8. The van der Waals surface area contributed by atoms with Crippen LogP contribution in [0.1, 0.15) is 39.0 Å². The molecule has 1 aliphatic carbocycles. The Labute approximate surface area is 107 Å². The maximum absolute atomic E-state index is 11.5. The van der Waals surface area contributed by atoms with Crippen molar-refractivity contribution in [2.45, 2.75) is 51.2 Å². The van der Waals surface area contributed by atoms with Crippen LogP contribution in [0.4, 0.5) is 4.79 Å². The molecule has 18 heavy (non-hydrogen) atoms. The summed E-state index contributed by atoms with van der Waals surface area (Å²) in [6.07, 6.45) is 3.84. The Kier molecular flexibility index (Phi) is 5.91. The number of urea groups is 1. The third kappa shape index (κ3) is 4.91. The van der Waals surface area contributed by atoms with Gasteiger partial charge in [0.2, 0.25) is 0 Å². The topological polar surface area (TPSA) is 98.7 Å². The summed E-state index contributed by atoms with van der Waals surface area (Å²) in [6, 6.07) is -0.247. The molecule has 0 aromatic carbocycles. The van der Waals surface area contributed by atoms with E-state index in [0.717, 1.165) is 25.7 Å². The van der Waals surface area contributed by atoms with Gasteiger partial charge < -0.3 is 20.8 Å². The zero-order chi connectivity index (χ0) is 13.5. The van der Waals surface area contributed by atoms with Crippen LogP contribution >= 0.6 is 0 Å². The highest BCUT2D eigenvalue weighted by Gasteiger charge is 2.22. The van der Waals surface area contributed by atoms with E-state index in [0.29, 0.717) is 5.92 Å². The Morgan fingerprint density at radius 3 is 2.72 bits per heavy atom. The minimum atomic E-state index is -1.55. The summed E-state index contributed by atoms with van der Waals surface area (Å²) in [4.78, 5) is 21.9. The molecule has 0 heterocycles. The minimum absolute atomic E-state index is 0.158. The molecule has 3 atom stereocenters. The molecule has 0 radical (unpaired) electrons. The summed E-state index contributed by atoms with van der Waals surface area (Å²) in [7, 11) is 0. The number of carbonyl (C=O) groups is 2. The molecule has 0 saturated heterocycles. The lowest BCUT2D eigenvalue weighted by Crippen LogP contribution is -2.47.